The minimum absolute atomic E-state index is 0. The van der Waals surface area contributed by atoms with Crippen molar-refractivity contribution in [3.8, 4) is 22.3 Å². The fourth-order valence-electron chi connectivity index (χ4n) is 12.6. The van der Waals surface area contributed by atoms with Crippen LogP contribution in [0.1, 0.15) is 162 Å². The molecule has 0 nitrogen and oxygen atoms in total. The molecule has 0 bridgehead atoms. The zero-order valence-corrected chi connectivity index (χ0v) is 40.0. The Labute approximate surface area is 354 Å². The predicted molar refractivity (Wildman–Crippen MR) is 248 cm³/mol. The van der Waals surface area contributed by atoms with Crippen LogP contribution in [0, 0.1) is 5.92 Å². The first kappa shape index (κ1) is 42.2. The number of fused-ring (bicyclic) bond motifs is 2. The first-order valence-electron chi connectivity index (χ1n) is 22.2. The summed E-state index contributed by atoms with van der Waals surface area (Å²) in [7, 11) is 0. The van der Waals surface area contributed by atoms with E-state index in [9.17, 15) is 0 Å². The van der Waals surface area contributed by atoms with E-state index in [4.69, 9.17) is 0 Å². The number of benzene rings is 4. The molecule has 5 aliphatic rings. The van der Waals surface area contributed by atoms with Crippen LogP contribution in [0.25, 0.3) is 34.4 Å². The Morgan fingerprint density at radius 2 is 0.911 bits per heavy atom. The normalized spacial score (nSPS) is 22.0. The van der Waals surface area contributed by atoms with E-state index < -0.39 is 17.4 Å². The molecule has 0 heterocycles. The van der Waals surface area contributed by atoms with Gasteiger partial charge >= 0.3 is 332 Å². The van der Waals surface area contributed by atoms with Gasteiger partial charge in [-0.25, -0.2) is 0 Å². The number of hydrogen-bond donors (Lipinski definition) is 0. The molecular formula is C52H66Cl2SiZr. The van der Waals surface area contributed by atoms with Crippen molar-refractivity contribution in [3.63, 3.8) is 0 Å². The third-order valence-electron chi connectivity index (χ3n) is 15.2. The molecule has 4 heteroatoms. The van der Waals surface area contributed by atoms with Crippen LogP contribution in [0.4, 0.5) is 0 Å². The fourth-order valence-corrected chi connectivity index (χ4v) is 32.4. The largest absolute Gasteiger partial charge is 0.147 e. The SMILES string of the molecule is CCC1=Cc2c(-c3ccc(C4CCCCC4)cc3)cccc2[CH]1[Zr]([CH3])([CH3])(=[SiH2])[CH]1C(C2CCCCC2)=Cc2c(-c3ccc(C4CCCCC4)cc3)cccc21.Cl.Cl. The van der Waals surface area contributed by atoms with Gasteiger partial charge in [0.2, 0.25) is 0 Å². The van der Waals surface area contributed by atoms with Gasteiger partial charge in [0.05, 0.1) is 0 Å². The van der Waals surface area contributed by atoms with Crippen LogP contribution in [-0.2, 0) is 17.4 Å². The summed E-state index contributed by atoms with van der Waals surface area (Å²) in [5.74, 6) is 2.23. The molecule has 0 aliphatic heterocycles. The van der Waals surface area contributed by atoms with E-state index in [1.165, 1.54) is 124 Å². The Morgan fingerprint density at radius 3 is 1.36 bits per heavy atom. The molecule has 0 saturated heterocycles. The van der Waals surface area contributed by atoms with Gasteiger partial charge in [0.1, 0.15) is 0 Å². The number of hydrogen-bond acceptors (Lipinski definition) is 0. The van der Waals surface area contributed by atoms with Gasteiger partial charge in [0.25, 0.3) is 0 Å². The molecule has 0 radical (unpaired) electrons. The minimum atomic E-state index is -3.75. The maximum Gasteiger partial charge on any atom is -0.147 e. The zero-order valence-electron chi connectivity index (χ0n) is 34.5. The van der Waals surface area contributed by atoms with Crippen LogP contribution >= 0.6 is 24.8 Å². The van der Waals surface area contributed by atoms with E-state index in [-0.39, 0.29) is 24.8 Å². The van der Waals surface area contributed by atoms with Gasteiger partial charge in [0.15, 0.2) is 0 Å². The molecule has 4 aromatic rings. The number of rotatable bonds is 8. The number of allylic oxidation sites excluding steroid dienone is 2. The predicted octanol–water partition coefficient (Wildman–Crippen LogP) is 15.9. The minimum Gasteiger partial charge on any atom is -0.147 e. The second-order valence-electron chi connectivity index (χ2n) is 19.4. The Kier molecular flexibility index (Phi) is 13.1. The van der Waals surface area contributed by atoms with Crippen LogP contribution in [0.3, 0.4) is 0 Å². The van der Waals surface area contributed by atoms with E-state index in [1.807, 2.05) is 5.57 Å². The van der Waals surface area contributed by atoms with E-state index in [0.29, 0.717) is 7.25 Å². The Balaban J connectivity index is 0.00000240. The molecule has 0 spiro atoms. The third-order valence-corrected chi connectivity index (χ3v) is 32.6. The first-order valence-corrected chi connectivity index (χ1v) is 35.9. The van der Waals surface area contributed by atoms with Crippen LogP contribution in [0.15, 0.2) is 96.1 Å². The second kappa shape index (κ2) is 17.3. The van der Waals surface area contributed by atoms with Crippen molar-refractivity contribution < 1.29 is 17.4 Å². The monoisotopic (exact) mass is 878 g/mol. The van der Waals surface area contributed by atoms with Crippen molar-refractivity contribution in [2.75, 3.05) is 0 Å². The van der Waals surface area contributed by atoms with Crippen molar-refractivity contribution in [1.82, 2.24) is 0 Å². The molecule has 296 valence electrons. The molecule has 3 saturated carbocycles. The molecule has 0 aromatic heterocycles. The summed E-state index contributed by atoms with van der Waals surface area (Å²) in [6, 6.07) is 34.5. The number of halogens is 2. The van der Waals surface area contributed by atoms with Crippen LogP contribution in [0.5, 0.6) is 0 Å². The van der Waals surface area contributed by atoms with Crippen LogP contribution < -0.4 is 0 Å². The van der Waals surface area contributed by atoms with E-state index in [2.05, 4.69) is 120 Å². The Bertz CT molecular complexity index is 2130. The molecule has 0 amide bonds. The van der Waals surface area contributed by atoms with Crippen molar-refractivity contribution in [2.24, 2.45) is 5.92 Å². The quantitative estimate of drug-likeness (QED) is 0.155. The van der Waals surface area contributed by atoms with Gasteiger partial charge in [-0.15, -0.1) is 24.8 Å². The van der Waals surface area contributed by atoms with E-state index in [0.717, 1.165) is 24.2 Å². The van der Waals surface area contributed by atoms with E-state index >= 15 is 0 Å². The molecule has 0 N–H and O–H groups in total. The molecule has 9 rings (SSSR count). The summed E-state index contributed by atoms with van der Waals surface area (Å²) in [5.41, 5.74) is 18.7. The Morgan fingerprint density at radius 1 is 0.500 bits per heavy atom. The van der Waals surface area contributed by atoms with Gasteiger partial charge in [-0.05, 0) is 0 Å². The van der Waals surface area contributed by atoms with Gasteiger partial charge in [-0.2, -0.15) is 0 Å². The summed E-state index contributed by atoms with van der Waals surface area (Å²) in [6.45, 7) is 4.99. The summed E-state index contributed by atoms with van der Waals surface area (Å²) in [4.78, 5) is 0. The van der Waals surface area contributed by atoms with Gasteiger partial charge in [-0.3, -0.25) is 0 Å². The van der Waals surface area contributed by atoms with Crippen molar-refractivity contribution in [1.29, 1.82) is 0 Å². The third kappa shape index (κ3) is 7.78. The van der Waals surface area contributed by atoms with Crippen molar-refractivity contribution in [3.05, 3.63) is 129 Å². The average Bonchev–Trinajstić information content (AvgIpc) is 3.83. The van der Waals surface area contributed by atoms with Gasteiger partial charge in [0, 0.05) is 0 Å². The molecular weight excluding hydrogens is 815 g/mol. The van der Waals surface area contributed by atoms with Crippen molar-refractivity contribution >= 4 is 43.8 Å². The smallest absolute Gasteiger partial charge is 0.147 e. The van der Waals surface area contributed by atoms with Crippen LogP contribution in [-0.4, -0.2) is 6.88 Å². The fraction of sp³-hybridized carbons (Fsp3) is 0.462. The average molecular weight is 881 g/mol. The summed E-state index contributed by atoms with van der Waals surface area (Å²) < 4.78 is 6.88. The topological polar surface area (TPSA) is 0 Å². The standard InChI is InChI=1S/C27H31.C23H25.2CH3.2ClH.H2Si.Zr/c1-3-8-20(9-4-1)22-14-16-23(17-15-22)26-13-7-12-24-18-25(19-27(24)26)21-10-5-2-6-11-21;1-2-17-15-21-9-6-10-22(23(21)16-17)20-13-11-19(12-14-20)18-7-4-3-5-8-18;;;;;;/h7,12-21H,1-6,8-11H2;6,9-16,18H,2-5,7-8H2,1H3;2*1H3;2*1H;1H2;. The molecule has 3 fully saturated rings. The maximum atomic E-state index is 2.87. The zero-order chi connectivity index (χ0) is 36.9. The summed E-state index contributed by atoms with van der Waals surface area (Å²) in [6.07, 6.45) is 27.3. The van der Waals surface area contributed by atoms with Crippen molar-refractivity contribution in [2.45, 2.75) is 138 Å². The second-order valence-corrected chi connectivity index (χ2v) is 49.9. The molecule has 2 unspecified atom stereocenters. The first-order chi connectivity index (χ1) is 26.3. The maximum absolute atomic E-state index is 3.75. The van der Waals surface area contributed by atoms with Gasteiger partial charge in [-0.1, -0.05) is 0 Å². The summed E-state index contributed by atoms with van der Waals surface area (Å²) >= 11 is -3.75. The molecule has 56 heavy (non-hydrogen) atoms. The van der Waals surface area contributed by atoms with Crippen LogP contribution in [0.2, 0.25) is 9.26 Å². The Hall–Kier alpha value is -1.96. The molecule has 2 atom stereocenters. The van der Waals surface area contributed by atoms with E-state index in [1.54, 1.807) is 33.4 Å². The molecule has 5 aliphatic carbocycles. The molecule has 4 aromatic carbocycles. The summed E-state index contributed by atoms with van der Waals surface area (Å²) in [5, 5.41) is 0. The van der Waals surface area contributed by atoms with Gasteiger partial charge < -0.3 is 0 Å².